The summed E-state index contributed by atoms with van der Waals surface area (Å²) in [6.45, 7) is 4.90. The van der Waals surface area contributed by atoms with Crippen LogP contribution in [0.1, 0.15) is 36.2 Å². The van der Waals surface area contributed by atoms with E-state index in [1.54, 1.807) is 6.07 Å². The molecule has 2 aromatic rings. The number of fused-ring (bicyclic) bond motifs is 2. The quantitative estimate of drug-likeness (QED) is 0.273. The van der Waals surface area contributed by atoms with E-state index in [1.807, 2.05) is 16.7 Å². The molecule has 5 N–H and O–H groups in total. The Balaban J connectivity index is 0.000000170. The number of amides is 1. The zero-order valence-corrected chi connectivity index (χ0v) is 23.2. The van der Waals surface area contributed by atoms with Crippen LogP contribution in [0.2, 0.25) is 0 Å². The van der Waals surface area contributed by atoms with Crippen LogP contribution in [0.3, 0.4) is 0 Å². The number of anilines is 1. The van der Waals surface area contributed by atoms with Crippen molar-refractivity contribution in [3.8, 4) is 0 Å². The van der Waals surface area contributed by atoms with Gasteiger partial charge in [0.15, 0.2) is 0 Å². The third-order valence-corrected chi connectivity index (χ3v) is 8.77. The highest BCUT2D eigenvalue weighted by Crippen LogP contribution is 2.39. The SMILES string of the molecule is CC(=O)OCC1=C(C(=O)O)N2C(=O)[C@@H](N)[C@H]2SC1.O=C(O)c1cn(C2CC2)c2cc(N3CCNCC3)ccc2c1=O. The molecular weight excluding hydrogens is 554 g/mol. The van der Waals surface area contributed by atoms with Gasteiger partial charge in [0.05, 0.1) is 5.52 Å². The Morgan fingerprint density at radius 3 is 2.44 bits per heavy atom. The summed E-state index contributed by atoms with van der Waals surface area (Å²) in [7, 11) is 0. The Hall–Kier alpha value is -3.88. The van der Waals surface area contributed by atoms with Crippen molar-refractivity contribution in [3.05, 3.63) is 51.5 Å². The molecule has 14 heteroatoms. The molecule has 0 spiro atoms. The lowest BCUT2D eigenvalue weighted by Crippen LogP contribution is -2.68. The molecular formula is C27H31N5O8S. The molecule has 0 unspecified atom stereocenters. The van der Waals surface area contributed by atoms with Crippen molar-refractivity contribution in [2.45, 2.75) is 37.2 Å². The van der Waals surface area contributed by atoms with Crippen molar-refractivity contribution in [3.63, 3.8) is 0 Å². The first-order chi connectivity index (χ1) is 19.6. The number of nitrogens with two attached hydrogens (primary N) is 1. The summed E-state index contributed by atoms with van der Waals surface area (Å²) < 4.78 is 6.77. The van der Waals surface area contributed by atoms with E-state index in [0.717, 1.165) is 50.2 Å². The third-order valence-electron chi connectivity index (χ3n) is 7.41. The van der Waals surface area contributed by atoms with E-state index >= 15 is 0 Å². The zero-order chi connectivity index (χ0) is 29.4. The minimum Gasteiger partial charge on any atom is -0.477 e. The Bertz CT molecular complexity index is 1510. The highest BCUT2D eigenvalue weighted by atomic mass is 32.2. The molecule has 1 aromatic heterocycles. The normalized spacial score (nSPS) is 22.0. The van der Waals surface area contributed by atoms with Gasteiger partial charge in [0.25, 0.3) is 0 Å². The first-order valence-corrected chi connectivity index (χ1v) is 14.3. The fourth-order valence-corrected chi connectivity index (χ4v) is 6.42. The molecule has 0 bridgehead atoms. The minimum absolute atomic E-state index is 0.105. The van der Waals surface area contributed by atoms with Crippen molar-refractivity contribution in [1.29, 1.82) is 0 Å². The monoisotopic (exact) mass is 585 g/mol. The van der Waals surface area contributed by atoms with Gasteiger partial charge in [0.1, 0.15) is 29.3 Å². The number of carbonyl (C=O) groups excluding carboxylic acids is 2. The molecule has 3 fully saturated rings. The molecule has 2 saturated heterocycles. The van der Waals surface area contributed by atoms with Crippen LogP contribution in [0.5, 0.6) is 0 Å². The van der Waals surface area contributed by atoms with Crippen LogP contribution >= 0.6 is 11.8 Å². The lowest BCUT2D eigenvalue weighted by Gasteiger charge is -2.47. The molecule has 1 aliphatic carbocycles. The van der Waals surface area contributed by atoms with Crippen molar-refractivity contribution in [2.24, 2.45) is 5.73 Å². The van der Waals surface area contributed by atoms with E-state index in [9.17, 15) is 29.1 Å². The van der Waals surface area contributed by atoms with Crippen LogP contribution in [-0.4, -0.2) is 93.4 Å². The summed E-state index contributed by atoms with van der Waals surface area (Å²) in [5.41, 5.74) is 7.31. The van der Waals surface area contributed by atoms with Crippen molar-refractivity contribution >= 4 is 52.2 Å². The van der Waals surface area contributed by atoms with E-state index in [-0.39, 0.29) is 23.2 Å². The number of aromatic carboxylic acids is 1. The Labute approximate surface area is 238 Å². The van der Waals surface area contributed by atoms with Gasteiger partial charge in [-0.25, -0.2) is 9.59 Å². The summed E-state index contributed by atoms with van der Waals surface area (Å²) >= 11 is 1.37. The number of thioether (sulfide) groups is 1. The average molecular weight is 586 g/mol. The predicted molar refractivity (Wildman–Crippen MR) is 151 cm³/mol. The summed E-state index contributed by atoms with van der Waals surface area (Å²) in [6.07, 6.45) is 3.59. The van der Waals surface area contributed by atoms with Gasteiger partial charge in [-0.2, -0.15) is 0 Å². The molecule has 218 valence electrons. The number of esters is 1. The maximum absolute atomic E-state index is 12.4. The summed E-state index contributed by atoms with van der Waals surface area (Å²) in [5.74, 6) is -2.88. The number of carboxylic acid groups (broad SMARTS) is 2. The molecule has 1 saturated carbocycles. The molecule has 41 heavy (non-hydrogen) atoms. The van der Waals surface area contributed by atoms with Crippen molar-refractivity contribution in [1.82, 2.24) is 14.8 Å². The largest absolute Gasteiger partial charge is 0.477 e. The van der Waals surface area contributed by atoms with Gasteiger partial charge in [0, 0.05) is 67.7 Å². The van der Waals surface area contributed by atoms with Gasteiger partial charge in [-0.05, 0) is 31.0 Å². The number of carbonyl (C=O) groups is 4. The number of rotatable bonds is 6. The summed E-state index contributed by atoms with van der Waals surface area (Å²) in [4.78, 5) is 60.8. The maximum Gasteiger partial charge on any atom is 0.352 e. The molecule has 4 aliphatic rings. The lowest BCUT2D eigenvalue weighted by molar-refractivity contribution is -0.148. The number of β-lactam (4-membered cyclic amide) rings is 1. The highest BCUT2D eigenvalue weighted by molar-refractivity contribution is 8.00. The number of piperazine rings is 1. The van der Waals surface area contributed by atoms with Gasteiger partial charge in [-0.15, -0.1) is 11.8 Å². The topological polar surface area (TPSA) is 184 Å². The number of hydrogen-bond donors (Lipinski definition) is 4. The Kier molecular flexibility index (Phi) is 8.07. The second-order valence-electron chi connectivity index (χ2n) is 10.2. The third kappa shape index (κ3) is 5.67. The van der Waals surface area contributed by atoms with E-state index in [4.69, 9.17) is 15.6 Å². The molecule has 1 amide bonds. The molecule has 3 aliphatic heterocycles. The second kappa shape index (κ2) is 11.5. The smallest absolute Gasteiger partial charge is 0.352 e. The van der Waals surface area contributed by atoms with Crippen LogP contribution in [0.25, 0.3) is 10.9 Å². The minimum atomic E-state index is -1.21. The number of aliphatic carboxylic acids is 1. The molecule has 0 radical (unpaired) electrons. The fraction of sp³-hybridized carbons (Fsp3) is 0.444. The van der Waals surface area contributed by atoms with Crippen LogP contribution in [0.15, 0.2) is 40.5 Å². The van der Waals surface area contributed by atoms with Crippen LogP contribution in [0, 0.1) is 0 Å². The number of nitrogens with zero attached hydrogens (tertiary/aromatic N) is 3. The number of nitrogens with one attached hydrogen (secondary N) is 1. The van der Waals surface area contributed by atoms with E-state index in [1.165, 1.54) is 29.8 Å². The predicted octanol–water partition coefficient (Wildman–Crippen LogP) is 0.575. The molecule has 2 atom stereocenters. The first-order valence-electron chi connectivity index (χ1n) is 13.2. The summed E-state index contributed by atoms with van der Waals surface area (Å²) in [5, 5.41) is 21.9. The highest BCUT2D eigenvalue weighted by Gasteiger charge is 2.51. The average Bonchev–Trinajstić information content (AvgIpc) is 3.81. The van der Waals surface area contributed by atoms with Gasteiger partial charge < -0.3 is 35.5 Å². The second-order valence-corrected chi connectivity index (χ2v) is 11.3. The van der Waals surface area contributed by atoms with Gasteiger partial charge in [0.2, 0.25) is 11.3 Å². The maximum atomic E-state index is 12.4. The Morgan fingerprint density at radius 2 is 1.83 bits per heavy atom. The summed E-state index contributed by atoms with van der Waals surface area (Å²) in [6, 6.07) is 5.40. The fourth-order valence-electron chi connectivity index (χ4n) is 5.14. The van der Waals surface area contributed by atoms with E-state index in [0.29, 0.717) is 22.8 Å². The van der Waals surface area contributed by atoms with Crippen LogP contribution in [-0.2, 0) is 19.1 Å². The number of pyridine rings is 1. The van der Waals surface area contributed by atoms with Gasteiger partial charge >= 0.3 is 17.9 Å². The van der Waals surface area contributed by atoms with Gasteiger partial charge in [-0.1, -0.05) is 0 Å². The van der Waals surface area contributed by atoms with Crippen LogP contribution < -0.4 is 21.4 Å². The number of aromatic nitrogens is 1. The van der Waals surface area contributed by atoms with E-state index < -0.39 is 35.3 Å². The number of carboxylic acids is 2. The lowest BCUT2D eigenvalue weighted by atomic mass is 10.0. The Morgan fingerprint density at radius 1 is 1.12 bits per heavy atom. The zero-order valence-electron chi connectivity index (χ0n) is 22.4. The van der Waals surface area contributed by atoms with E-state index in [2.05, 4.69) is 10.2 Å². The number of benzene rings is 1. The molecule has 1 aromatic carbocycles. The first kappa shape index (κ1) is 28.6. The molecule has 4 heterocycles. The van der Waals surface area contributed by atoms with Crippen molar-refractivity contribution < 1.29 is 34.1 Å². The molecule has 13 nitrogen and oxygen atoms in total. The molecule has 6 rings (SSSR count). The number of ether oxygens (including phenoxy) is 1. The van der Waals surface area contributed by atoms with Crippen molar-refractivity contribution in [2.75, 3.05) is 43.4 Å². The standard InChI is InChI=1S/C17H19N3O3.C10H12N2O5S/c21-16-13-4-3-12(19-7-5-18-6-8-19)9-15(13)20(11-1-2-11)10-14(16)17(22)23;1-4(13)17-2-5-3-18-9-6(11)8(14)12(9)7(5)10(15)16/h3-4,9-11,18H,1-2,5-8H2,(H,22,23);6,9H,2-3,11H2,1H3,(H,15,16)/t;6-,9-/m.1/s1. The van der Waals surface area contributed by atoms with Gasteiger partial charge in [-0.3, -0.25) is 19.3 Å². The van der Waals surface area contributed by atoms with Crippen LogP contribution in [0.4, 0.5) is 5.69 Å². The number of hydrogen-bond acceptors (Lipinski definition) is 10.